The van der Waals surface area contributed by atoms with Gasteiger partial charge in [0.2, 0.25) is 6.23 Å². The normalized spacial score (nSPS) is 14.4. The maximum atomic E-state index is 12.1. The summed E-state index contributed by atoms with van der Waals surface area (Å²) < 4.78 is 37.1. The van der Waals surface area contributed by atoms with Gasteiger partial charge in [0, 0.05) is 13.5 Å². The molecule has 0 aliphatic rings. The van der Waals surface area contributed by atoms with E-state index in [1.807, 2.05) is 59.2 Å². The maximum Gasteiger partial charge on any atom is 0.407 e. The Kier molecular flexibility index (Phi) is 9.15. The fraction of sp³-hybridized carbons (Fsp3) is 0.800. The van der Waals surface area contributed by atoms with E-state index >= 15 is 0 Å². The zero-order valence-electron chi connectivity index (χ0n) is 20.2. The first-order chi connectivity index (χ1) is 13.9. The molecule has 0 aliphatic heterocycles. The van der Waals surface area contributed by atoms with Gasteiger partial charge < -0.3 is 10.1 Å². The van der Waals surface area contributed by atoms with E-state index in [2.05, 4.69) is 26.3 Å². The van der Waals surface area contributed by atoms with E-state index in [-0.39, 0.29) is 0 Å². The molecule has 31 heavy (non-hydrogen) atoms. The van der Waals surface area contributed by atoms with Crippen molar-refractivity contribution in [3.63, 3.8) is 0 Å². The molecule has 1 aromatic rings. The Hall–Kier alpha value is -1.17. The van der Waals surface area contributed by atoms with Gasteiger partial charge in [-0.25, -0.2) is 8.98 Å². The number of rotatable bonds is 10. The van der Waals surface area contributed by atoms with Crippen molar-refractivity contribution >= 4 is 32.1 Å². The number of hydrogen-bond acceptors (Lipinski definition) is 6. The highest BCUT2D eigenvalue weighted by molar-refractivity contribution is 9.10. The van der Waals surface area contributed by atoms with Crippen LogP contribution in [0.4, 0.5) is 4.79 Å². The number of halogens is 1. The zero-order valence-corrected chi connectivity index (χ0v) is 22.6. The molecule has 0 radical (unpaired) electrons. The van der Waals surface area contributed by atoms with Gasteiger partial charge in [-0.05, 0) is 70.5 Å². The monoisotopic (exact) mass is 525 g/mol. The molecule has 0 bridgehead atoms. The van der Waals surface area contributed by atoms with Gasteiger partial charge in [-0.3, -0.25) is 9.16 Å². The van der Waals surface area contributed by atoms with Crippen LogP contribution in [0, 0.1) is 0 Å². The molecule has 1 aromatic heterocycles. The molecule has 0 aliphatic carbocycles. The Bertz CT molecular complexity index is 857. The van der Waals surface area contributed by atoms with Gasteiger partial charge in [-0.1, -0.05) is 0 Å². The highest BCUT2D eigenvalue weighted by atomic mass is 79.9. The van der Waals surface area contributed by atoms with Gasteiger partial charge in [-0.2, -0.15) is 13.5 Å². The second kappa shape index (κ2) is 10.2. The number of amides is 1. The highest BCUT2D eigenvalue weighted by Gasteiger charge is 2.37. The Labute approximate surface area is 195 Å². The molecule has 1 atom stereocenters. The van der Waals surface area contributed by atoms with E-state index in [1.54, 1.807) is 6.92 Å². The number of nitrogens with zero attached hydrogens (tertiary/aromatic N) is 3. The van der Waals surface area contributed by atoms with E-state index < -0.39 is 33.6 Å². The van der Waals surface area contributed by atoms with E-state index in [9.17, 15) is 13.2 Å². The Morgan fingerprint density at radius 1 is 1.26 bits per heavy atom. The summed E-state index contributed by atoms with van der Waals surface area (Å²) in [4.78, 5) is 12.1. The average Bonchev–Trinajstić information content (AvgIpc) is 2.96. The summed E-state index contributed by atoms with van der Waals surface area (Å²) in [5, 5.41) is 7.41. The summed E-state index contributed by atoms with van der Waals surface area (Å²) in [6.45, 7) is 17.3. The van der Waals surface area contributed by atoms with Crippen LogP contribution in [0.2, 0.25) is 0 Å². The third-order valence-corrected chi connectivity index (χ3v) is 6.23. The number of alkyl carbamates (subject to hydrolysis) is 1. The number of aromatic nitrogens is 2. The quantitative estimate of drug-likeness (QED) is 0.284. The molecule has 0 fully saturated rings. The van der Waals surface area contributed by atoms with E-state index in [4.69, 9.17) is 8.92 Å². The molecule has 1 heterocycles. The summed E-state index contributed by atoms with van der Waals surface area (Å²) in [5.41, 5.74) is -0.241. The Morgan fingerprint density at radius 3 is 2.26 bits per heavy atom. The first kappa shape index (κ1) is 27.9. The van der Waals surface area contributed by atoms with Crippen LogP contribution in [-0.4, -0.2) is 66.5 Å². The molecule has 1 amide bonds. The topological polar surface area (TPSA) is 99.5 Å². The molecule has 180 valence electrons. The van der Waals surface area contributed by atoms with Gasteiger partial charge in [0.1, 0.15) is 16.7 Å². The summed E-state index contributed by atoms with van der Waals surface area (Å²) in [7, 11) is -3.59. The van der Waals surface area contributed by atoms with E-state index in [0.717, 1.165) is 11.9 Å². The lowest BCUT2D eigenvalue weighted by Gasteiger charge is -2.41. The van der Waals surface area contributed by atoms with Crippen LogP contribution in [-0.2, 0) is 31.1 Å². The molecule has 1 N–H and O–H groups in total. The van der Waals surface area contributed by atoms with Crippen LogP contribution in [0.1, 0.15) is 61.1 Å². The lowest BCUT2D eigenvalue weighted by atomic mass is 10.1. The van der Waals surface area contributed by atoms with Crippen molar-refractivity contribution < 1.29 is 26.6 Å². The molecule has 0 saturated carbocycles. The van der Waals surface area contributed by atoms with Crippen molar-refractivity contribution in [1.29, 1.82) is 0 Å². The zero-order chi connectivity index (χ0) is 24.3. The van der Waals surface area contributed by atoms with Crippen molar-refractivity contribution in [2.75, 3.05) is 25.9 Å². The molecule has 11 heteroatoms. The first-order valence-corrected chi connectivity index (χ1v) is 13.0. The summed E-state index contributed by atoms with van der Waals surface area (Å²) in [6.07, 6.45) is 0.0152. The summed E-state index contributed by atoms with van der Waals surface area (Å²) in [6, 6.07) is 1.92. The maximum absolute atomic E-state index is 12.1. The number of carbonyl (C=O) groups is 1. The van der Waals surface area contributed by atoms with Crippen molar-refractivity contribution in [1.82, 2.24) is 15.1 Å². The number of carbonyl (C=O) groups excluding carboxylic acids is 1. The molecule has 9 nitrogen and oxygen atoms in total. The number of quaternary nitrogens is 1. The average molecular weight is 527 g/mol. The third kappa shape index (κ3) is 8.36. The van der Waals surface area contributed by atoms with Crippen LogP contribution < -0.4 is 5.32 Å². The van der Waals surface area contributed by atoms with Crippen LogP contribution in [0.15, 0.2) is 10.7 Å². The lowest BCUT2D eigenvalue weighted by molar-refractivity contribution is -0.975. The molecule has 1 unspecified atom stereocenters. The van der Waals surface area contributed by atoms with Crippen molar-refractivity contribution in [2.24, 2.45) is 0 Å². The molecular weight excluding hydrogens is 488 g/mol. The minimum absolute atomic E-state index is 0.302. The second-order valence-corrected chi connectivity index (χ2v) is 11.9. The van der Waals surface area contributed by atoms with Crippen LogP contribution in [0.5, 0.6) is 0 Å². The molecule has 0 spiro atoms. The minimum Gasteiger partial charge on any atom is -0.444 e. The molecule has 0 saturated heterocycles. The number of hydrogen-bond donors (Lipinski definition) is 1. The fourth-order valence-corrected chi connectivity index (χ4v) is 4.57. The van der Waals surface area contributed by atoms with Gasteiger partial charge in [0.25, 0.3) is 10.1 Å². The highest BCUT2D eigenvalue weighted by Crippen LogP contribution is 2.27. The van der Waals surface area contributed by atoms with Crippen LogP contribution >= 0.6 is 15.9 Å². The SMILES string of the molecule is CC[N+](CC)(Cc1cc(Br)nn1C(C)(C)CNC(=O)OC(C)(C)C)C(C)OS(C)(=O)=O. The predicted molar refractivity (Wildman–Crippen MR) is 124 cm³/mol. The molecule has 1 rings (SSSR count). The third-order valence-electron chi connectivity index (χ3n) is 5.21. The summed E-state index contributed by atoms with van der Waals surface area (Å²) >= 11 is 3.45. The first-order valence-electron chi connectivity index (χ1n) is 10.4. The van der Waals surface area contributed by atoms with Gasteiger partial charge in [0.15, 0.2) is 0 Å². The van der Waals surface area contributed by atoms with Gasteiger partial charge in [-0.15, -0.1) is 0 Å². The van der Waals surface area contributed by atoms with Crippen molar-refractivity contribution in [2.45, 2.75) is 79.3 Å². The minimum atomic E-state index is -3.59. The van der Waals surface area contributed by atoms with E-state index in [1.165, 1.54) is 0 Å². The number of nitrogens with one attached hydrogen (secondary N) is 1. The standard InChI is InChI=1S/C20H37BrN4O5S/c1-10-25(11-2,15(3)30-31(9,27)28)13-16-12-17(21)23-24(16)20(7,8)14-22-18(26)29-19(4,5)6/h12,15H,10-11,13-14H2,1-9H3/p+1. The van der Waals surface area contributed by atoms with Crippen LogP contribution in [0.25, 0.3) is 0 Å². The predicted octanol–water partition coefficient (Wildman–Crippen LogP) is 3.58. The van der Waals surface area contributed by atoms with Crippen molar-refractivity contribution in [3.05, 3.63) is 16.4 Å². The number of ether oxygens (including phenoxy) is 1. The molecular formula is C20H38BrN4O5S+. The largest absolute Gasteiger partial charge is 0.444 e. The van der Waals surface area contributed by atoms with Crippen LogP contribution in [0.3, 0.4) is 0 Å². The fourth-order valence-electron chi connectivity index (χ4n) is 3.46. The van der Waals surface area contributed by atoms with Gasteiger partial charge in [0.05, 0.1) is 30.6 Å². The Balaban J connectivity index is 3.16. The second-order valence-electron chi connectivity index (χ2n) is 9.45. The van der Waals surface area contributed by atoms with E-state index in [0.29, 0.717) is 35.3 Å². The Morgan fingerprint density at radius 2 is 1.81 bits per heavy atom. The summed E-state index contributed by atoms with van der Waals surface area (Å²) in [5.74, 6) is 0. The van der Waals surface area contributed by atoms with Crippen molar-refractivity contribution in [3.8, 4) is 0 Å². The lowest BCUT2D eigenvalue weighted by Crippen LogP contribution is -2.55. The molecule has 0 aromatic carbocycles. The van der Waals surface area contributed by atoms with Gasteiger partial charge >= 0.3 is 6.09 Å². The smallest absolute Gasteiger partial charge is 0.407 e.